The molecule has 1 aliphatic rings. The standard InChI is InChI=1S/C26H39N3O5.C4H10/c1-7-19(26(4,5)18-12-9-8-10-13-18)23(31)27-16-21(30)28(6)22(17(2)3)24(32)29-15-11-14-20(29)25(33)34;1-4(2)3/h8-10,12-13,17,19-20,22H,7,11,14-16H2,1-6H3,(H,27,31)(H,33,34);4H,1-3H3/t19-,20+,22+;/m1./s1. The highest BCUT2D eigenvalue weighted by atomic mass is 16.4. The maximum absolute atomic E-state index is 13.2. The van der Waals surface area contributed by atoms with Gasteiger partial charge in [0, 0.05) is 24.9 Å². The fourth-order valence-electron chi connectivity index (χ4n) is 5.01. The lowest BCUT2D eigenvalue weighted by Gasteiger charge is -2.35. The highest BCUT2D eigenvalue weighted by Crippen LogP contribution is 2.34. The van der Waals surface area contributed by atoms with Gasteiger partial charge in [-0.15, -0.1) is 0 Å². The van der Waals surface area contributed by atoms with Gasteiger partial charge in [-0.05, 0) is 36.7 Å². The molecule has 38 heavy (non-hydrogen) atoms. The third-order valence-electron chi connectivity index (χ3n) is 7.04. The smallest absolute Gasteiger partial charge is 0.326 e. The molecule has 214 valence electrons. The van der Waals surface area contributed by atoms with Crippen molar-refractivity contribution in [3.8, 4) is 0 Å². The van der Waals surface area contributed by atoms with Gasteiger partial charge in [-0.2, -0.15) is 0 Å². The van der Waals surface area contributed by atoms with Crippen LogP contribution < -0.4 is 5.32 Å². The Hall–Kier alpha value is -2.90. The summed E-state index contributed by atoms with van der Waals surface area (Å²) in [5.41, 5.74) is 0.622. The average molecular weight is 532 g/mol. The Morgan fingerprint density at radius 3 is 2.11 bits per heavy atom. The normalized spacial score (nSPS) is 16.9. The second-order valence-corrected chi connectivity index (χ2v) is 11.7. The predicted molar refractivity (Wildman–Crippen MR) is 151 cm³/mol. The lowest BCUT2D eigenvalue weighted by Crippen LogP contribution is -2.56. The Labute approximate surface area is 229 Å². The van der Waals surface area contributed by atoms with Crippen LogP contribution in [0.3, 0.4) is 0 Å². The first-order valence-corrected chi connectivity index (χ1v) is 13.8. The molecule has 3 amide bonds. The second-order valence-electron chi connectivity index (χ2n) is 11.7. The quantitative estimate of drug-likeness (QED) is 0.467. The molecule has 0 unspecified atom stereocenters. The summed E-state index contributed by atoms with van der Waals surface area (Å²) in [5, 5.41) is 12.2. The Morgan fingerprint density at radius 2 is 1.63 bits per heavy atom. The number of hydrogen-bond acceptors (Lipinski definition) is 4. The van der Waals surface area contributed by atoms with Crippen molar-refractivity contribution in [3.63, 3.8) is 0 Å². The topological polar surface area (TPSA) is 107 Å². The monoisotopic (exact) mass is 531 g/mol. The largest absolute Gasteiger partial charge is 0.480 e. The summed E-state index contributed by atoms with van der Waals surface area (Å²) in [6.07, 6.45) is 1.64. The summed E-state index contributed by atoms with van der Waals surface area (Å²) in [6, 6.07) is 8.15. The summed E-state index contributed by atoms with van der Waals surface area (Å²) in [7, 11) is 1.54. The summed E-state index contributed by atoms with van der Waals surface area (Å²) >= 11 is 0. The number of carbonyl (C=O) groups is 4. The molecule has 1 aliphatic heterocycles. The first kappa shape index (κ1) is 33.1. The Balaban J connectivity index is 0.00000168. The Kier molecular flexibility index (Phi) is 13.0. The third-order valence-corrected chi connectivity index (χ3v) is 7.04. The van der Waals surface area contributed by atoms with E-state index in [1.807, 2.05) is 65.0 Å². The van der Waals surface area contributed by atoms with Gasteiger partial charge in [0.25, 0.3) is 0 Å². The van der Waals surface area contributed by atoms with Crippen molar-refractivity contribution in [1.82, 2.24) is 15.1 Å². The molecule has 8 nitrogen and oxygen atoms in total. The number of carboxylic acids is 1. The number of hydrogen-bond donors (Lipinski definition) is 2. The minimum absolute atomic E-state index is 0.212. The molecule has 3 atom stereocenters. The van der Waals surface area contributed by atoms with Gasteiger partial charge in [0.05, 0.1) is 6.54 Å². The number of benzene rings is 1. The molecule has 1 saturated heterocycles. The fourth-order valence-corrected chi connectivity index (χ4v) is 5.01. The van der Waals surface area contributed by atoms with Gasteiger partial charge < -0.3 is 20.2 Å². The zero-order valence-electron chi connectivity index (χ0n) is 24.8. The number of likely N-dealkylation sites (N-methyl/N-ethyl adjacent to an activating group) is 1. The van der Waals surface area contributed by atoms with Crippen molar-refractivity contribution < 1.29 is 24.3 Å². The molecule has 8 heteroatoms. The molecule has 1 heterocycles. The molecule has 0 saturated carbocycles. The third kappa shape index (κ3) is 8.84. The van der Waals surface area contributed by atoms with Crippen LogP contribution in [0.1, 0.15) is 80.2 Å². The van der Waals surface area contributed by atoms with Crippen LogP contribution in [-0.2, 0) is 24.6 Å². The highest BCUT2D eigenvalue weighted by Gasteiger charge is 2.41. The zero-order chi connectivity index (χ0) is 29.2. The summed E-state index contributed by atoms with van der Waals surface area (Å²) in [5.74, 6) is -1.71. The van der Waals surface area contributed by atoms with E-state index < -0.39 is 23.5 Å². The maximum Gasteiger partial charge on any atom is 0.326 e. The van der Waals surface area contributed by atoms with Crippen molar-refractivity contribution in [3.05, 3.63) is 35.9 Å². The van der Waals surface area contributed by atoms with E-state index in [9.17, 15) is 24.3 Å². The first-order valence-electron chi connectivity index (χ1n) is 13.8. The van der Waals surface area contributed by atoms with Gasteiger partial charge in [-0.25, -0.2) is 4.79 Å². The van der Waals surface area contributed by atoms with Crippen LogP contribution >= 0.6 is 0 Å². The first-order chi connectivity index (χ1) is 17.7. The molecule has 1 fully saturated rings. The number of nitrogens with one attached hydrogen (secondary N) is 1. The van der Waals surface area contributed by atoms with Gasteiger partial charge in [-0.1, -0.05) is 85.7 Å². The lowest BCUT2D eigenvalue weighted by molar-refractivity contribution is -0.153. The van der Waals surface area contributed by atoms with E-state index in [1.165, 1.54) is 16.8 Å². The van der Waals surface area contributed by atoms with Gasteiger partial charge in [0.1, 0.15) is 12.1 Å². The number of rotatable bonds is 10. The van der Waals surface area contributed by atoms with E-state index in [0.29, 0.717) is 25.8 Å². The van der Waals surface area contributed by atoms with Crippen molar-refractivity contribution in [2.75, 3.05) is 20.1 Å². The lowest BCUT2D eigenvalue weighted by atomic mass is 9.71. The number of carboxylic acid groups (broad SMARTS) is 1. The van der Waals surface area contributed by atoms with Crippen molar-refractivity contribution in [2.45, 2.75) is 92.2 Å². The molecule has 0 aromatic heterocycles. The molecule has 2 rings (SSSR count). The Bertz CT molecular complexity index is 926. The number of amides is 3. The van der Waals surface area contributed by atoms with Crippen molar-refractivity contribution in [1.29, 1.82) is 0 Å². The van der Waals surface area contributed by atoms with Crippen molar-refractivity contribution >= 4 is 23.7 Å². The molecule has 0 spiro atoms. The summed E-state index contributed by atoms with van der Waals surface area (Å²) < 4.78 is 0. The van der Waals surface area contributed by atoms with Crippen LogP contribution in [0.25, 0.3) is 0 Å². The Morgan fingerprint density at radius 1 is 1.08 bits per heavy atom. The average Bonchev–Trinajstić information content (AvgIpc) is 3.33. The summed E-state index contributed by atoms with van der Waals surface area (Å²) in [6.45, 7) is 16.3. The second kappa shape index (κ2) is 14.9. The molecular weight excluding hydrogens is 482 g/mol. The van der Waals surface area contributed by atoms with Crippen molar-refractivity contribution in [2.24, 2.45) is 17.8 Å². The number of carbonyl (C=O) groups excluding carboxylic acids is 3. The van der Waals surface area contributed by atoms with E-state index in [4.69, 9.17) is 0 Å². The maximum atomic E-state index is 13.2. The van der Waals surface area contributed by atoms with Gasteiger partial charge in [-0.3, -0.25) is 14.4 Å². The molecular formula is C30H49N3O5. The molecule has 2 N–H and O–H groups in total. The van der Waals surface area contributed by atoms with Gasteiger partial charge in [0.2, 0.25) is 17.7 Å². The minimum Gasteiger partial charge on any atom is -0.480 e. The predicted octanol–water partition coefficient (Wildman–Crippen LogP) is 4.33. The van der Waals surface area contributed by atoms with Crippen LogP contribution in [0.4, 0.5) is 0 Å². The van der Waals surface area contributed by atoms with E-state index in [-0.39, 0.29) is 36.1 Å². The van der Waals surface area contributed by atoms with E-state index >= 15 is 0 Å². The van der Waals surface area contributed by atoms with E-state index in [2.05, 4.69) is 26.1 Å². The van der Waals surface area contributed by atoms with Crippen LogP contribution in [-0.4, -0.2) is 70.8 Å². The molecule has 0 radical (unpaired) electrons. The van der Waals surface area contributed by atoms with Crippen LogP contribution in [0.15, 0.2) is 30.3 Å². The molecule has 1 aromatic carbocycles. The number of nitrogens with zero attached hydrogens (tertiary/aromatic N) is 2. The molecule has 0 aliphatic carbocycles. The van der Waals surface area contributed by atoms with Crippen LogP contribution in [0.5, 0.6) is 0 Å². The zero-order valence-corrected chi connectivity index (χ0v) is 24.8. The number of likely N-dealkylation sites (tertiary alicyclic amines) is 1. The molecule has 0 bridgehead atoms. The molecule has 1 aromatic rings. The summed E-state index contributed by atoms with van der Waals surface area (Å²) in [4.78, 5) is 53.5. The van der Waals surface area contributed by atoms with Crippen LogP contribution in [0, 0.1) is 17.8 Å². The fraction of sp³-hybridized carbons (Fsp3) is 0.667. The van der Waals surface area contributed by atoms with E-state index in [1.54, 1.807) is 0 Å². The van der Waals surface area contributed by atoms with Gasteiger partial charge in [0.15, 0.2) is 0 Å². The minimum atomic E-state index is -1.03. The van der Waals surface area contributed by atoms with E-state index in [0.717, 1.165) is 11.5 Å². The highest BCUT2D eigenvalue weighted by molar-refractivity contribution is 5.92. The SMILES string of the molecule is CC(C)C.CC[C@H](C(=O)NCC(=O)N(C)[C@H](C(=O)N1CCC[C@H]1C(=O)O)C(C)C)C(C)(C)c1ccccc1. The van der Waals surface area contributed by atoms with Crippen LogP contribution in [0.2, 0.25) is 0 Å². The van der Waals surface area contributed by atoms with Gasteiger partial charge >= 0.3 is 5.97 Å². The number of aliphatic carboxylic acids is 1.